The molecule has 55 heavy (non-hydrogen) atoms. The lowest BCUT2D eigenvalue weighted by atomic mass is 9.80. The van der Waals surface area contributed by atoms with Gasteiger partial charge in [0.15, 0.2) is 6.29 Å². The molecule has 0 bridgehead atoms. The molecular formula is C45H69NO8Si. The highest BCUT2D eigenvalue weighted by Crippen LogP contribution is 2.42. The second kappa shape index (κ2) is 18.6. The second-order valence-electron chi connectivity index (χ2n) is 17.6. The molecule has 0 N–H and O–H groups in total. The zero-order valence-electron chi connectivity index (χ0n) is 35.8. The van der Waals surface area contributed by atoms with Crippen LogP contribution in [-0.4, -0.2) is 96.1 Å². The van der Waals surface area contributed by atoms with E-state index in [4.69, 9.17) is 32.8 Å². The third-order valence-electron chi connectivity index (χ3n) is 11.4. The van der Waals surface area contributed by atoms with Gasteiger partial charge in [-0.2, -0.15) is 0 Å². The van der Waals surface area contributed by atoms with E-state index in [1.165, 1.54) is 10.4 Å². The first kappa shape index (κ1) is 44.9. The molecule has 306 valence electrons. The normalized spacial score (nSPS) is 24.7. The number of carbonyl (C=O) groups excluding carboxylic acids is 1. The van der Waals surface area contributed by atoms with Crippen LogP contribution in [0.4, 0.5) is 0 Å². The molecule has 0 radical (unpaired) electrons. The number of hydrogen-bond donors (Lipinski definition) is 0. The van der Waals surface area contributed by atoms with Gasteiger partial charge in [0, 0.05) is 45.4 Å². The topological polar surface area (TPSA) is 84.9 Å². The number of cyclic esters (lactones) is 1. The molecule has 2 aromatic rings. The van der Waals surface area contributed by atoms with Crippen LogP contribution in [0.2, 0.25) is 5.04 Å². The van der Waals surface area contributed by atoms with E-state index in [0.717, 1.165) is 6.42 Å². The first-order chi connectivity index (χ1) is 25.8. The molecule has 2 aromatic carbocycles. The predicted molar refractivity (Wildman–Crippen MR) is 222 cm³/mol. The fourth-order valence-electron chi connectivity index (χ4n) is 8.63. The van der Waals surface area contributed by atoms with Gasteiger partial charge in [-0.05, 0) is 62.1 Å². The monoisotopic (exact) mass is 779 g/mol. The number of ether oxygens (including phenoxy) is 6. The first-order valence-electron chi connectivity index (χ1n) is 19.9. The molecule has 0 aliphatic carbocycles. The number of rotatable bonds is 18. The Morgan fingerprint density at radius 1 is 1.00 bits per heavy atom. The van der Waals surface area contributed by atoms with Gasteiger partial charge < -0.3 is 37.7 Å². The number of hydrogen-bond acceptors (Lipinski definition) is 9. The van der Waals surface area contributed by atoms with Crippen molar-refractivity contribution in [3.8, 4) is 0 Å². The summed E-state index contributed by atoms with van der Waals surface area (Å²) in [6, 6.07) is 21.6. The van der Waals surface area contributed by atoms with Crippen LogP contribution in [0, 0.1) is 17.8 Å². The van der Waals surface area contributed by atoms with E-state index in [-0.39, 0.29) is 29.0 Å². The molecule has 2 aliphatic heterocycles. The summed E-state index contributed by atoms with van der Waals surface area (Å²) in [4.78, 5) is 15.4. The van der Waals surface area contributed by atoms with E-state index in [1.807, 2.05) is 6.92 Å². The number of esters is 1. The maximum Gasteiger partial charge on any atom is 0.340 e. The molecule has 10 heteroatoms. The minimum Gasteiger partial charge on any atom is -0.456 e. The molecule has 1 fully saturated rings. The largest absolute Gasteiger partial charge is 0.456 e. The minimum atomic E-state index is -2.78. The van der Waals surface area contributed by atoms with Crippen molar-refractivity contribution in [1.29, 1.82) is 0 Å². The van der Waals surface area contributed by atoms with Gasteiger partial charge in [0.25, 0.3) is 8.32 Å². The average Bonchev–Trinajstić information content (AvgIpc) is 3.13. The fraction of sp³-hybridized carbons (Fsp3) is 0.622. The van der Waals surface area contributed by atoms with Crippen LogP contribution in [-0.2, 0) is 37.6 Å². The van der Waals surface area contributed by atoms with Crippen molar-refractivity contribution in [1.82, 2.24) is 4.90 Å². The van der Waals surface area contributed by atoms with Crippen LogP contribution in [0.1, 0.15) is 82.1 Å². The minimum absolute atomic E-state index is 0.0149. The van der Waals surface area contributed by atoms with Gasteiger partial charge in [0.2, 0.25) is 5.79 Å². The SMILES string of the molecule is C=CCOCC1CC(N(C)C)C(C)[C@H](O[C@H]([C@@H](C)C2=C(C)C(=O)OC(C)(C)O2)[C@@](C)(C[C@@H](C)CO[Si](c2ccccc2)(c2ccccc2)C(C)(C)C)OC)O1. The highest BCUT2D eigenvalue weighted by atomic mass is 28.4. The molecule has 0 spiro atoms. The quantitative estimate of drug-likeness (QED) is 0.0662. The van der Waals surface area contributed by atoms with Crippen molar-refractivity contribution in [2.75, 3.05) is 41.0 Å². The van der Waals surface area contributed by atoms with E-state index < -0.39 is 44.0 Å². The van der Waals surface area contributed by atoms with Crippen molar-refractivity contribution in [2.24, 2.45) is 17.8 Å². The third kappa shape index (κ3) is 10.4. The Bertz CT molecular complexity index is 1530. The Hall–Kier alpha value is -2.83. The van der Waals surface area contributed by atoms with Gasteiger partial charge in [-0.3, -0.25) is 0 Å². The summed E-state index contributed by atoms with van der Waals surface area (Å²) in [5.41, 5.74) is -0.444. The highest BCUT2D eigenvalue weighted by molar-refractivity contribution is 6.99. The lowest BCUT2D eigenvalue weighted by Crippen LogP contribution is -2.67. The Morgan fingerprint density at radius 3 is 2.09 bits per heavy atom. The van der Waals surface area contributed by atoms with Gasteiger partial charge in [-0.1, -0.05) is 108 Å². The number of benzene rings is 2. The van der Waals surface area contributed by atoms with Crippen molar-refractivity contribution < 1.29 is 37.6 Å². The number of methoxy groups -OCH3 is 1. The van der Waals surface area contributed by atoms with Gasteiger partial charge in [0.05, 0.1) is 36.6 Å². The van der Waals surface area contributed by atoms with Gasteiger partial charge in [0.1, 0.15) is 5.76 Å². The molecule has 9 nitrogen and oxygen atoms in total. The molecule has 8 atom stereocenters. The van der Waals surface area contributed by atoms with E-state index in [2.05, 4.69) is 128 Å². The zero-order chi connectivity index (χ0) is 40.8. The predicted octanol–water partition coefficient (Wildman–Crippen LogP) is 7.48. The van der Waals surface area contributed by atoms with E-state index >= 15 is 0 Å². The Balaban J connectivity index is 1.73. The van der Waals surface area contributed by atoms with Gasteiger partial charge in [-0.15, -0.1) is 6.58 Å². The summed E-state index contributed by atoms with van der Waals surface area (Å²) < 4.78 is 45.8. The van der Waals surface area contributed by atoms with E-state index in [1.54, 1.807) is 34.0 Å². The summed E-state index contributed by atoms with van der Waals surface area (Å²) in [5.74, 6) is -1.35. The maximum absolute atomic E-state index is 13.2. The molecular weight excluding hydrogens is 711 g/mol. The summed E-state index contributed by atoms with van der Waals surface area (Å²) in [6.45, 7) is 25.8. The Kier molecular flexibility index (Phi) is 15.2. The second-order valence-corrected chi connectivity index (χ2v) is 21.9. The van der Waals surface area contributed by atoms with Crippen LogP contribution in [0.3, 0.4) is 0 Å². The molecule has 0 amide bonds. The van der Waals surface area contributed by atoms with Crippen molar-refractivity contribution >= 4 is 24.7 Å². The summed E-state index contributed by atoms with van der Waals surface area (Å²) in [5, 5.41) is 2.32. The molecule has 2 aliphatic rings. The standard InChI is InChI=1S/C45H69NO8Si/c1-15-26-49-30-35-27-38(46(12)13)32(3)42(51-35)52-40(33(4)39-34(5)41(47)54-44(9,10)53-39)45(11,48-14)28-31(2)29-50-55(43(6,7)8,36-22-18-16-19-23-36)37-24-20-17-21-25-37/h15-25,31-33,35,38,40,42H,1,26-30H2,2-14H3/t31-,32?,33+,35?,38?,40-,42+,45-/m1/s1. The Morgan fingerprint density at radius 2 is 1.58 bits per heavy atom. The fourth-order valence-corrected chi connectivity index (χ4v) is 13.3. The van der Waals surface area contributed by atoms with E-state index in [0.29, 0.717) is 37.6 Å². The van der Waals surface area contributed by atoms with Gasteiger partial charge >= 0.3 is 5.97 Å². The molecule has 3 unspecified atom stereocenters. The maximum atomic E-state index is 13.2. The Labute approximate surface area is 332 Å². The van der Waals surface area contributed by atoms with Crippen molar-refractivity contribution in [3.05, 3.63) is 84.7 Å². The first-order valence-corrected chi connectivity index (χ1v) is 21.8. The smallest absolute Gasteiger partial charge is 0.340 e. The summed E-state index contributed by atoms with van der Waals surface area (Å²) in [7, 11) is 3.14. The number of carbonyl (C=O) groups is 1. The lowest BCUT2D eigenvalue weighted by molar-refractivity contribution is -0.291. The van der Waals surface area contributed by atoms with E-state index in [9.17, 15) is 4.79 Å². The van der Waals surface area contributed by atoms with Crippen molar-refractivity contribution in [2.45, 2.75) is 123 Å². The van der Waals surface area contributed by atoms with Crippen LogP contribution in [0.25, 0.3) is 0 Å². The molecule has 0 aromatic heterocycles. The van der Waals surface area contributed by atoms with Crippen molar-refractivity contribution in [3.63, 3.8) is 0 Å². The molecule has 1 saturated heterocycles. The number of nitrogens with zero attached hydrogens (tertiary/aromatic N) is 1. The third-order valence-corrected chi connectivity index (χ3v) is 16.4. The molecule has 0 saturated carbocycles. The molecule has 4 rings (SSSR count). The highest BCUT2D eigenvalue weighted by Gasteiger charge is 2.52. The van der Waals surface area contributed by atoms with Crippen LogP contribution in [0.15, 0.2) is 84.7 Å². The zero-order valence-corrected chi connectivity index (χ0v) is 36.8. The van der Waals surface area contributed by atoms with Crippen LogP contribution < -0.4 is 10.4 Å². The van der Waals surface area contributed by atoms with Crippen LogP contribution >= 0.6 is 0 Å². The summed E-state index contributed by atoms with van der Waals surface area (Å²) in [6.07, 6.45) is 1.78. The van der Waals surface area contributed by atoms with Gasteiger partial charge in [-0.25, -0.2) is 4.79 Å². The van der Waals surface area contributed by atoms with Crippen LogP contribution in [0.5, 0.6) is 0 Å². The lowest BCUT2D eigenvalue weighted by Gasteiger charge is -2.49. The average molecular weight is 780 g/mol. The summed E-state index contributed by atoms with van der Waals surface area (Å²) >= 11 is 0. The molecule has 2 heterocycles.